The number of oxime groups is 1. The maximum absolute atomic E-state index is 11.9. The number of carbonyl (C=O) groups excluding carboxylic acids is 1. The zero-order valence-corrected chi connectivity index (χ0v) is 9.70. The predicted octanol–water partition coefficient (Wildman–Crippen LogP) is -0.535. The first-order valence-electron chi connectivity index (χ1n) is 4.70. The highest BCUT2D eigenvalue weighted by molar-refractivity contribution is 7.93. The van der Waals surface area contributed by atoms with E-state index in [1.54, 1.807) is 18.2 Å². The van der Waals surface area contributed by atoms with Gasteiger partial charge in [-0.15, -0.1) is 4.40 Å². The largest absolute Gasteiger partial charge is 0.410 e. The molecule has 0 aromatic heterocycles. The SMILES string of the molecule is NC1=NS(=O)(=O)N(c2ccccc2)C(=O)/C1=N/O. The van der Waals surface area contributed by atoms with E-state index in [0.29, 0.717) is 4.31 Å². The summed E-state index contributed by atoms with van der Waals surface area (Å²) in [5.74, 6) is -1.70. The third kappa shape index (κ3) is 1.80. The molecule has 1 amide bonds. The summed E-state index contributed by atoms with van der Waals surface area (Å²) in [7, 11) is -4.26. The van der Waals surface area contributed by atoms with Gasteiger partial charge >= 0.3 is 10.2 Å². The number of anilines is 1. The summed E-state index contributed by atoms with van der Waals surface area (Å²) in [6, 6.07) is 7.57. The predicted molar refractivity (Wildman–Crippen MR) is 63.7 cm³/mol. The van der Waals surface area contributed by atoms with Crippen LogP contribution in [0.5, 0.6) is 0 Å². The highest BCUT2D eigenvalue weighted by Gasteiger charge is 2.39. The van der Waals surface area contributed by atoms with Crippen molar-refractivity contribution in [2.24, 2.45) is 15.3 Å². The molecule has 3 N–H and O–H groups in total. The van der Waals surface area contributed by atoms with Crippen LogP contribution in [-0.2, 0) is 15.0 Å². The summed E-state index contributed by atoms with van der Waals surface area (Å²) in [6.07, 6.45) is 0. The second-order valence-corrected chi connectivity index (χ2v) is 4.75. The van der Waals surface area contributed by atoms with Gasteiger partial charge in [-0.3, -0.25) is 4.79 Å². The minimum absolute atomic E-state index is 0.0832. The van der Waals surface area contributed by atoms with Gasteiger partial charge in [0.25, 0.3) is 5.91 Å². The fourth-order valence-corrected chi connectivity index (χ4v) is 2.53. The fraction of sp³-hybridized carbons (Fsp3) is 0. The topological polar surface area (TPSA) is 125 Å². The molecule has 1 aliphatic rings. The van der Waals surface area contributed by atoms with Crippen molar-refractivity contribution in [1.82, 2.24) is 0 Å². The molecule has 0 radical (unpaired) electrons. The van der Waals surface area contributed by atoms with E-state index < -0.39 is 27.7 Å². The highest BCUT2D eigenvalue weighted by atomic mass is 32.2. The van der Waals surface area contributed by atoms with Gasteiger partial charge in [0.05, 0.1) is 5.69 Å². The first-order valence-corrected chi connectivity index (χ1v) is 6.09. The monoisotopic (exact) mass is 268 g/mol. The molecule has 2 rings (SSSR count). The molecule has 1 aromatic carbocycles. The molecule has 1 heterocycles. The minimum atomic E-state index is -4.26. The van der Waals surface area contributed by atoms with Gasteiger partial charge < -0.3 is 10.9 Å². The van der Waals surface area contributed by atoms with Crippen molar-refractivity contribution in [2.75, 3.05) is 4.31 Å². The van der Waals surface area contributed by atoms with Crippen molar-refractivity contribution in [3.8, 4) is 0 Å². The van der Waals surface area contributed by atoms with Crippen molar-refractivity contribution in [3.63, 3.8) is 0 Å². The number of hydrogen-bond acceptors (Lipinski definition) is 6. The number of benzene rings is 1. The summed E-state index contributed by atoms with van der Waals surface area (Å²) in [4.78, 5) is 11.9. The Bertz CT molecular complexity index is 650. The zero-order chi connectivity index (χ0) is 13.3. The third-order valence-electron chi connectivity index (χ3n) is 2.16. The lowest BCUT2D eigenvalue weighted by atomic mass is 10.3. The summed E-state index contributed by atoms with van der Waals surface area (Å²) >= 11 is 0. The van der Waals surface area contributed by atoms with Crippen molar-refractivity contribution >= 4 is 33.4 Å². The van der Waals surface area contributed by atoms with Crippen LogP contribution in [-0.4, -0.2) is 31.1 Å². The Morgan fingerprint density at radius 1 is 1.28 bits per heavy atom. The molecular weight excluding hydrogens is 260 g/mol. The van der Waals surface area contributed by atoms with Crippen LogP contribution in [0.15, 0.2) is 39.9 Å². The summed E-state index contributed by atoms with van der Waals surface area (Å²) < 4.78 is 27.1. The Morgan fingerprint density at radius 3 is 2.44 bits per heavy atom. The molecule has 1 aliphatic heterocycles. The molecule has 0 aliphatic carbocycles. The summed E-state index contributed by atoms with van der Waals surface area (Å²) in [5, 5.41) is 11.3. The van der Waals surface area contributed by atoms with Gasteiger partial charge in [-0.1, -0.05) is 23.4 Å². The average molecular weight is 268 g/mol. The van der Waals surface area contributed by atoms with Gasteiger partial charge in [0.1, 0.15) is 0 Å². The third-order valence-corrected chi connectivity index (χ3v) is 3.43. The van der Waals surface area contributed by atoms with Crippen LogP contribution in [0.25, 0.3) is 0 Å². The first kappa shape index (κ1) is 12.0. The Morgan fingerprint density at radius 2 is 1.89 bits per heavy atom. The molecule has 9 heteroatoms. The first-order chi connectivity index (χ1) is 8.47. The molecular formula is C9H8N4O4S. The van der Waals surface area contributed by atoms with Crippen LogP contribution in [0.2, 0.25) is 0 Å². The number of nitrogens with zero attached hydrogens (tertiary/aromatic N) is 3. The van der Waals surface area contributed by atoms with Crippen LogP contribution in [0.3, 0.4) is 0 Å². The van der Waals surface area contributed by atoms with E-state index in [1.165, 1.54) is 12.1 Å². The number of amidine groups is 1. The number of carbonyl (C=O) groups is 1. The lowest BCUT2D eigenvalue weighted by Gasteiger charge is -2.23. The molecule has 0 saturated carbocycles. The quantitative estimate of drug-likeness (QED) is 0.523. The van der Waals surface area contributed by atoms with E-state index in [1.807, 2.05) is 0 Å². The van der Waals surface area contributed by atoms with Crippen molar-refractivity contribution in [1.29, 1.82) is 0 Å². The van der Waals surface area contributed by atoms with Crippen LogP contribution < -0.4 is 10.0 Å². The molecule has 1 aromatic rings. The van der Waals surface area contributed by atoms with E-state index in [-0.39, 0.29) is 5.69 Å². The number of nitrogens with two attached hydrogens (primary N) is 1. The van der Waals surface area contributed by atoms with E-state index in [4.69, 9.17) is 10.9 Å². The molecule has 0 atom stereocenters. The molecule has 0 bridgehead atoms. The van der Waals surface area contributed by atoms with Crippen LogP contribution in [0.4, 0.5) is 5.69 Å². The van der Waals surface area contributed by atoms with Crippen LogP contribution in [0, 0.1) is 0 Å². The number of amides is 1. The summed E-state index contributed by atoms with van der Waals surface area (Å²) in [5.41, 5.74) is 4.69. The smallest absolute Gasteiger partial charge is 0.353 e. The van der Waals surface area contributed by atoms with E-state index in [2.05, 4.69) is 9.55 Å². The van der Waals surface area contributed by atoms with E-state index in [9.17, 15) is 13.2 Å². The molecule has 94 valence electrons. The van der Waals surface area contributed by atoms with E-state index >= 15 is 0 Å². The Kier molecular flexibility index (Phi) is 2.75. The fourth-order valence-electron chi connectivity index (χ4n) is 1.43. The number of hydrogen-bond donors (Lipinski definition) is 2. The molecule has 0 unspecified atom stereocenters. The van der Waals surface area contributed by atoms with Gasteiger partial charge in [-0.25, -0.2) is 0 Å². The number of rotatable bonds is 1. The second kappa shape index (κ2) is 4.11. The average Bonchev–Trinajstić information content (AvgIpc) is 2.29. The van der Waals surface area contributed by atoms with Crippen LogP contribution >= 0.6 is 0 Å². The van der Waals surface area contributed by atoms with Gasteiger partial charge in [0.15, 0.2) is 5.84 Å². The maximum atomic E-state index is 11.9. The van der Waals surface area contributed by atoms with Crippen molar-refractivity contribution < 1.29 is 18.4 Å². The van der Waals surface area contributed by atoms with Gasteiger partial charge in [0, 0.05) is 0 Å². The molecule has 0 saturated heterocycles. The summed E-state index contributed by atoms with van der Waals surface area (Å²) in [6.45, 7) is 0. The van der Waals surface area contributed by atoms with Gasteiger partial charge in [-0.2, -0.15) is 12.7 Å². The standard InChI is InChI=1S/C9H8N4O4S/c10-8-7(11-15)9(14)13(18(16,17)12-8)6-4-2-1-3-5-6/h1-5,15H,(H2,10,12)/b11-7+. The highest BCUT2D eigenvalue weighted by Crippen LogP contribution is 2.21. The second-order valence-electron chi connectivity index (χ2n) is 3.31. The lowest BCUT2D eigenvalue weighted by molar-refractivity contribution is -0.111. The Hall–Kier alpha value is -2.42. The number of para-hydroxylation sites is 1. The Labute approximate surface area is 102 Å². The van der Waals surface area contributed by atoms with Gasteiger partial charge in [0.2, 0.25) is 5.71 Å². The molecule has 8 nitrogen and oxygen atoms in total. The normalized spacial score (nSPS) is 20.9. The molecule has 0 fully saturated rings. The minimum Gasteiger partial charge on any atom is -0.410 e. The molecule has 18 heavy (non-hydrogen) atoms. The lowest BCUT2D eigenvalue weighted by Crippen LogP contribution is -2.50. The van der Waals surface area contributed by atoms with E-state index in [0.717, 1.165) is 0 Å². The maximum Gasteiger partial charge on any atom is 0.353 e. The van der Waals surface area contributed by atoms with Crippen LogP contribution in [0.1, 0.15) is 0 Å². The van der Waals surface area contributed by atoms with Crippen molar-refractivity contribution in [2.45, 2.75) is 0 Å². The van der Waals surface area contributed by atoms with Gasteiger partial charge in [-0.05, 0) is 12.1 Å². The molecule has 0 spiro atoms. The van der Waals surface area contributed by atoms with Crippen molar-refractivity contribution in [3.05, 3.63) is 30.3 Å². The Balaban J connectivity index is 2.65. The zero-order valence-electron chi connectivity index (χ0n) is 8.89.